The second-order valence-electron chi connectivity index (χ2n) is 6.22. The lowest BCUT2D eigenvalue weighted by atomic mass is 10.1. The van der Waals surface area contributed by atoms with Crippen molar-refractivity contribution in [2.75, 3.05) is 6.54 Å². The van der Waals surface area contributed by atoms with Crippen LogP contribution in [0.15, 0.2) is 23.4 Å². The zero-order chi connectivity index (χ0) is 14.8. The van der Waals surface area contributed by atoms with Gasteiger partial charge in [-0.05, 0) is 56.3 Å². The number of nitrogens with zero attached hydrogens (tertiary/aromatic N) is 1. The zero-order valence-corrected chi connectivity index (χ0v) is 14.0. The van der Waals surface area contributed by atoms with Gasteiger partial charge in [0.05, 0.1) is 11.0 Å². The van der Waals surface area contributed by atoms with Crippen LogP contribution in [0.25, 0.3) is 11.0 Å². The van der Waals surface area contributed by atoms with Crippen molar-refractivity contribution < 1.29 is 0 Å². The molecule has 1 aromatic carbocycles. The molecule has 0 amide bonds. The molecular formula is C17H25N3S. The molecule has 3 atom stereocenters. The fourth-order valence-corrected chi connectivity index (χ4v) is 4.48. The van der Waals surface area contributed by atoms with Crippen LogP contribution in [0.3, 0.4) is 0 Å². The molecule has 1 fully saturated rings. The van der Waals surface area contributed by atoms with Crippen molar-refractivity contribution in [1.82, 2.24) is 15.3 Å². The zero-order valence-electron chi connectivity index (χ0n) is 13.1. The Balaban J connectivity index is 1.68. The number of aromatic amines is 1. The summed E-state index contributed by atoms with van der Waals surface area (Å²) in [6, 6.07) is 7.08. The summed E-state index contributed by atoms with van der Waals surface area (Å²) in [7, 11) is 0. The Labute approximate surface area is 131 Å². The first kappa shape index (κ1) is 14.9. The van der Waals surface area contributed by atoms with Crippen molar-refractivity contribution in [2.24, 2.45) is 5.92 Å². The lowest BCUT2D eigenvalue weighted by molar-refractivity contribution is 0.431. The van der Waals surface area contributed by atoms with Gasteiger partial charge in [-0.2, -0.15) is 0 Å². The summed E-state index contributed by atoms with van der Waals surface area (Å²) in [6.07, 6.45) is 3.78. The lowest BCUT2D eigenvalue weighted by Crippen LogP contribution is -2.33. The van der Waals surface area contributed by atoms with Crippen LogP contribution in [0.5, 0.6) is 0 Å². The molecule has 3 unspecified atom stereocenters. The number of hydrogen-bond donors (Lipinski definition) is 2. The Morgan fingerprint density at radius 3 is 3.05 bits per heavy atom. The van der Waals surface area contributed by atoms with Gasteiger partial charge in [-0.1, -0.05) is 31.7 Å². The maximum absolute atomic E-state index is 4.73. The van der Waals surface area contributed by atoms with Gasteiger partial charge in [0.1, 0.15) is 0 Å². The van der Waals surface area contributed by atoms with Gasteiger partial charge in [-0.3, -0.25) is 0 Å². The summed E-state index contributed by atoms with van der Waals surface area (Å²) in [5.41, 5.74) is 3.51. The predicted molar refractivity (Wildman–Crippen MR) is 91.0 cm³/mol. The number of benzene rings is 1. The monoisotopic (exact) mass is 303 g/mol. The van der Waals surface area contributed by atoms with Gasteiger partial charge >= 0.3 is 0 Å². The first-order chi connectivity index (χ1) is 10.2. The fraction of sp³-hybridized carbons (Fsp3) is 0.588. The largest absolute Gasteiger partial charge is 0.333 e. The van der Waals surface area contributed by atoms with E-state index in [9.17, 15) is 0 Å². The molecule has 1 aromatic heterocycles. The highest BCUT2D eigenvalue weighted by Crippen LogP contribution is 2.38. The van der Waals surface area contributed by atoms with Gasteiger partial charge < -0.3 is 10.3 Å². The summed E-state index contributed by atoms with van der Waals surface area (Å²) in [6.45, 7) is 7.87. The number of hydrogen-bond acceptors (Lipinski definition) is 3. The Morgan fingerprint density at radius 2 is 2.24 bits per heavy atom. The molecule has 2 aromatic rings. The number of aryl methyl sites for hydroxylation is 1. The summed E-state index contributed by atoms with van der Waals surface area (Å²) < 4.78 is 0. The van der Waals surface area contributed by atoms with E-state index in [-0.39, 0.29) is 0 Å². The molecule has 114 valence electrons. The minimum Gasteiger partial charge on any atom is -0.333 e. The van der Waals surface area contributed by atoms with Gasteiger partial charge in [0.2, 0.25) is 0 Å². The van der Waals surface area contributed by atoms with Crippen molar-refractivity contribution in [3.8, 4) is 0 Å². The van der Waals surface area contributed by atoms with E-state index in [1.807, 2.05) is 11.8 Å². The van der Waals surface area contributed by atoms with Gasteiger partial charge in [-0.25, -0.2) is 4.98 Å². The highest BCUT2D eigenvalue weighted by atomic mass is 32.2. The number of H-pyrrole nitrogens is 1. The van der Waals surface area contributed by atoms with Crippen LogP contribution in [-0.4, -0.2) is 27.8 Å². The minimum atomic E-state index is 0.668. The molecule has 0 spiro atoms. The van der Waals surface area contributed by atoms with Crippen LogP contribution >= 0.6 is 11.8 Å². The van der Waals surface area contributed by atoms with Gasteiger partial charge in [-0.15, -0.1) is 0 Å². The fourth-order valence-electron chi connectivity index (χ4n) is 3.21. The molecule has 3 rings (SSSR count). The topological polar surface area (TPSA) is 40.7 Å². The average Bonchev–Trinajstić information content (AvgIpc) is 3.01. The molecule has 2 N–H and O–H groups in total. The van der Waals surface area contributed by atoms with Crippen LogP contribution in [0.4, 0.5) is 0 Å². The summed E-state index contributed by atoms with van der Waals surface area (Å²) in [5.74, 6) is 0.705. The Bertz CT molecular complexity index is 607. The molecule has 3 nitrogen and oxygen atoms in total. The third-order valence-electron chi connectivity index (χ3n) is 4.52. The molecular weight excluding hydrogens is 278 g/mol. The molecule has 4 heteroatoms. The molecule has 0 aliphatic heterocycles. The summed E-state index contributed by atoms with van der Waals surface area (Å²) in [5, 5.41) is 5.43. The molecule has 1 heterocycles. The average molecular weight is 303 g/mol. The molecule has 0 radical (unpaired) electrons. The smallest absolute Gasteiger partial charge is 0.166 e. The third-order valence-corrected chi connectivity index (χ3v) is 5.90. The second kappa shape index (κ2) is 6.41. The predicted octanol–water partition coefficient (Wildman–Crippen LogP) is 4.13. The molecule has 0 bridgehead atoms. The van der Waals surface area contributed by atoms with Crippen LogP contribution in [0, 0.1) is 12.8 Å². The highest BCUT2D eigenvalue weighted by Gasteiger charge is 2.33. The normalized spacial score (nSPS) is 25.8. The molecule has 1 aliphatic carbocycles. The van der Waals surface area contributed by atoms with Crippen molar-refractivity contribution in [1.29, 1.82) is 0 Å². The van der Waals surface area contributed by atoms with E-state index >= 15 is 0 Å². The highest BCUT2D eigenvalue weighted by molar-refractivity contribution is 7.99. The standard InChI is InChI=1S/C17H25N3S/c1-4-9-18-13-7-8-16(12(13)3)21-17-19-14-6-5-11(2)10-15(14)20-17/h5-6,10,12-13,16,18H,4,7-9H2,1-3H3,(H,19,20). The summed E-state index contributed by atoms with van der Waals surface area (Å²) in [4.78, 5) is 8.20. The van der Waals surface area contributed by atoms with E-state index in [1.54, 1.807) is 0 Å². The number of rotatable bonds is 5. The maximum Gasteiger partial charge on any atom is 0.166 e. The van der Waals surface area contributed by atoms with E-state index in [0.29, 0.717) is 17.2 Å². The number of aromatic nitrogens is 2. The van der Waals surface area contributed by atoms with E-state index in [1.165, 1.54) is 24.8 Å². The lowest BCUT2D eigenvalue weighted by Gasteiger charge is -2.20. The summed E-state index contributed by atoms with van der Waals surface area (Å²) >= 11 is 1.92. The van der Waals surface area contributed by atoms with Crippen molar-refractivity contribution >= 4 is 22.8 Å². The Kier molecular flexibility index (Phi) is 4.55. The second-order valence-corrected chi connectivity index (χ2v) is 7.44. The Hall–Kier alpha value is -1.00. The minimum absolute atomic E-state index is 0.668. The molecule has 0 saturated heterocycles. The first-order valence-electron chi connectivity index (χ1n) is 8.03. The molecule has 1 aliphatic rings. The number of nitrogens with one attached hydrogen (secondary N) is 2. The van der Waals surface area contributed by atoms with Crippen LogP contribution < -0.4 is 5.32 Å². The Morgan fingerprint density at radius 1 is 1.38 bits per heavy atom. The maximum atomic E-state index is 4.73. The van der Waals surface area contributed by atoms with Gasteiger partial charge in [0, 0.05) is 11.3 Å². The van der Waals surface area contributed by atoms with E-state index in [0.717, 1.165) is 22.7 Å². The number of fused-ring (bicyclic) bond motifs is 1. The van der Waals surface area contributed by atoms with E-state index in [4.69, 9.17) is 4.98 Å². The van der Waals surface area contributed by atoms with Crippen LogP contribution in [0.1, 0.15) is 38.7 Å². The molecule has 21 heavy (non-hydrogen) atoms. The van der Waals surface area contributed by atoms with Gasteiger partial charge in [0.25, 0.3) is 0 Å². The SMILES string of the molecule is CCCNC1CCC(Sc2nc3ccc(C)cc3[nH]2)C1C. The third kappa shape index (κ3) is 3.27. The van der Waals surface area contributed by atoms with Crippen LogP contribution in [0.2, 0.25) is 0 Å². The van der Waals surface area contributed by atoms with Gasteiger partial charge in [0.15, 0.2) is 5.16 Å². The van der Waals surface area contributed by atoms with Crippen molar-refractivity contribution in [3.63, 3.8) is 0 Å². The van der Waals surface area contributed by atoms with E-state index in [2.05, 4.69) is 49.3 Å². The molecule has 1 saturated carbocycles. The van der Waals surface area contributed by atoms with E-state index < -0.39 is 0 Å². The van der Waals surface area contributed by atoms with Crippen molar-refractivity contribution in [3.05, 3.63) is 23.8 Å². The quantitative estimate of drug-likeness (QED) is 0.872. The van der Waals surface area contributed by atoms with Crippen LogP contribution in [-0.2, 0) is 0 Å². The number of thioether (sulfide) groups is 1. The first-order valence-corrected chi connectivity index (χ1v) is 8.91. The number of imidazole rings is 1. The van der Waals surface area contributed by atoms with Crippen molar-refractivity contribution in [2.45, 2.75) is 56.5 Å².